The van der Waals surface area contributed by atoms with Gasteiger partial charge in [0.25, 0.3) is 0 Å². The molecule has 0 radical (unpaired) electrons. The third-order valence-corrected chi connectivity index (χ3v) is 1.33. The number of aromatic nitrogens is 2. The SMILES string of the molecule is Cc1cc(C(C)(C)O)n[nH]1. The number of nitrogens with zero attached hydrogens (tertiary/aromatic N) is 1. The number of aliphatic hydroxyl groups is 1. The Bertz CT molecular complexity index is 222. The number of hydrogen-bond acceptors (Lipinski definition) is 2. The lowest BCUT2D eigenvalue weighted by molar-refractivity contribution is 0.0738. The first-order valence-electron chi connectivity index (χ1n) is 3.25. The van der Waals surface area contributed by atoms with Crippen LogP contribution in [0, 0.1) is 6.92 Å². The number of H-pyrrole nitrogens is 1. The smallest absolute Gasteiger partial charge is 0.103 e. The van der Waals surface area contributed by atoms with Crippen LogP contribution in [0.1, 0.15) is 25.2 Å². The number of rotatable bonds is 1. The van der Waals surface area contributed by atoms with Crippen molar-refractivity contribution >= 4 is 0 Å². The molecule has 10 heavy (non-hydrogen) atoms. The molecule has 0 aromatic carbocycles. The number of aromatic amines is 1. The summed E-state index contributed by atoms with van der Waals surface area (Å²) in [5.41, 5.74) is 0.826. The summed E-state index contributed by atoms with van der Waals surface area (Å²) in [4.78, 5) is 0. The Morgan fingerprint density at radius 3 is 2.40 bits per heavy atom. The Morgan fingerprint density at radius 2 is 2.20 bits per heavy atom. The molecule has 1 aromatic rings. The molecule has 0 aliphatic heterocycles. The summed E-state index contributed by atoms with van der Waals surface area (Å²) in [6.45, 7) is 5.33. The van der Waals surface area contributed by atoms with Crippen LogP contribution in [-0.2, 0) is 5.60 Å². The molecule has 0 saturated carbocycles. The maximum Gasteiger partial charge on any atom is 0.103 e. The third-order valence-electron chi connectivity index (χ3n) is 1.33. The van der Waals surface area contributed by atoms with Gasteiger partial charge in [-0.1, -0.05) is 0 Å². The molecular weight excluding hydrogens is 128 g/mol. The van der Waals surface area contributed by atoms with Gasteiger partial charge in [0.05, 0.1) is 5.69 Å². The van der Waals surface area contributed by atoms with E-state index in [9.17, 15) is 5.11 Å². The predicted molar refractivity (Wildman–Crippen MR) is 38.6 cm³/mol. The maximum atomic E-state index is 9.42. The molecule has 0 amide bonds. The molecular formula is C7H12N2O. The van der Waals surface area contributed by atoms with Crippen LogP contribution in [0.2, 0.25) is 0 Å². The Kier molecular flexibility index (Phi) is 1.52. The van der Waals surface area contributed by atoms with Gasteiger partial charge >= 0.3 is 0 Å². The van der Waals surface area contributed by atoms with Crippen molar-refractivity contribution in [2.75, 3.05) is 0 Å². The highest BCUT2D eigenvalue weighted by molar-refractivity contribution is 5.12. The van der Waals surface area contributed by atoms with E-state index in [1.807, 2.05) is 13.0 Å². The molecule has 3 heteroatoms. The summed E-state index contributed by atoms with van der Waals surface area (Å²) < 4.78 is 0. The number of hydrogen-bond donors (Lipinski definition) is 2. The number of aryl methyl sites for hydroxylation is 1. The van der Waals surface area contributed by atoms with Gasteiger partial charge in [-0.25, -0.2) is 0 Å². The van der Waals surface area contributed by atoms with E-state index in [-0.39, 0.29) is 0 Å². The molecule has 0 aliphatic rings. The molecule has 1 heterocycles. The second kappa shape index (κ2) is 2.09. The Hall–Kier alpha value is -0.830. The van der Waals surface area contributed by atoms with Crippen molar-refractivity contribution in [3.63, 3.8) is 0 Å². The molecule has 0 unspecified atom stereocenters. The van der Waals surface area contributed by atoms with Crippen molar-refractivity contribution in [1.82, 2.24) is 10.2 Å². The van der Waals surface area contributed by atoms with Crippen molar-refractivity contribution < 1.29 is 5.11 Å². The molecule has 2 N–H and O–H groups in total. The summed E-state index contributed by atoms with van der Waals surface area (Å²) in [7, 11) is 0. The summed E-state index contributed by atoms with van der Waals surface area (Å²) >= 11 is 0. The fourth-order valence-corrected chi connectivity index (χ4v) is 0.731. The van der Waals surface area contributed by atoms with Crippen LogP contribution in [0.5, 0.6) is 0 Å². The lowest BCUT2D eigenvalue weighted by Gasteiger charge is -2.12. The summed E-state index contributed by atoms with van der Waals surface area (Å²) in [5.74, 6) is 0. The van der Waals surface area contributed by atoms with Crippen LogP contribution in [0.3, 0.4) is 0 Å². The second-order valence-corrected chi connectivity index (χ2v) is 3.00. The highest BCUT2D eigenvalue weighted by Gasteiger charge is 2.18. The minimum Gasteiger partial charge on any atom is -0.384 e. The first kappa shape index (κ1) is 7.28. The van der Waals surface area contributed by atoms with Crippen molar-refractivity contribution in [3.8, 4) is 0 Å². The Labute approximate surface area is 60.1 Å². The van der Waals surface area contributed by atoms with E-state index in [0.717, 1.165) is 5.69 Å². The molecule has 0 bridgehead atoms. The van der Waals surface area contributed by atoms with E-state index in [1.54, 1.807) is 13.8 Å². The van der Waals surface area contributed by atoms with E-state index in [2.05, 4.69) is 10.2 Å². The van der Waals surface area contributed by atoms with Crippen LogP contribution in [-0.4, -0.2) is 15.3 Å². The van der Waals surface area contributed by atoms with Crippen LogP contribution >= 0.6 is 0 Å². The van der Waals surface area contributed by atoms with Gasteiger partial charge in [0.15, 0.2) is 0 Å². The van der Waals surface area contributed by atoms with Gasteiger partial charge in [-0.15, -0.1) is 0 Å². The largest absolute Gasteiger partial charge is 0.384 e. The van der Waals surface area contributed by atoms with Crippen molar-refractivity contribution in [2.24, 2.45) is 0 Å². The zero-order valence-electron chi connectivity index (χ0n) is 6.47. The summed E-state index contributed by atoms with van der Waals surface area (Å²) in [5, 5.41) is 16.1. The van der Waals surface area contributed by atoms with Crippen molar-refractivity contribution in [3.05, 3.63) is 17.5 Å². The monoisotopic (exact) mass is 140 g/mol. The van der Waals surface area contributed by atoms with Gasteiger partial charge in [0.1, 0.15) is 5.60 Å². The van der Waals surface area contributed by atoms with Crippen LogP contribution < -0.4 is 0 Å². The molecule has 1 aromatic heterocycles. The van der Waals surface area contributed by atoms with Gasteiger partial charge < -0.3 is 5.11 Å². The van der Waals surface area contributed by atoms with Crippen LogP contribution in [0.15, 0.2) is 6.07 Å². The van der Waals surface area contributed by atoms with Crippen molar-refractivity contribution in [2.45, 2.75) is 26.4 Å². The minimum absolute atomic E-state index is 0.685. The average Bonchev–Trinajstić information content (AvgIpc) is 2.11. The third kappa shape index (κ3) is 1.36. The fraction of sp³-hybridized carbons (Fsp3) is 0.571. The highest BCUT2D eigenvalue weighted by Crippen LogP contribution is 2.16. The minimum atomic E-state index is -0.829. The van der Waals surface area contributed by atoms with E-state index >= 15 is 0 Å². The molecule has 3 nitrogen and oxygen atoms in total. The maximum absolute atomic E-state index is 9.42. The van der Waals surface area contributed by atoms with Crippen molar-refractivity contribution in [1.29, 1.82) is 0 Å². The van der Waals surface area contributed by atoms with Gasteiger partial charge in [-0.05, 0) is 26.8 Å². The second-order valence-electron chi connectivity index (χ2n) is 3.00. The Morgan fingerprint density at radius 1 is 1.60 bits per heavy atom. The predicted octanol–water partition coefficient (Wildman–Crippen LogP) is 0.946. The van der Waals surface area contributed by atoms with E-state index in [4.69, 9.17) is 0 Å². The first-order chi connectivity index (χ1) is 4.50. The van der Waals surface area contributed by atoms with Gasteiger partial charge in [0.2, 0.25) is 0 Å². The molecule has 56 valence electrons. The van der Waals surface area contributed by atoms with E-state index < -0.39 is 5.60 Å². The summed E-state index contributed by atoms with van der Waals surface area (Å²) in [6, 6.07) is 1.83. The Balaban J connectivity index is 2.96. The van der Waals surface area contributed by atoms with E-state index in [1.165, 1.54) is 0 Å². The van der Waals surface area contributed by atoms with E-state index in [0.29, 0.717) is 5.69 Å². The van der Waals surface area contributed by atoms with Gasteiger partial charge in [0, 0.05) is 5.69 Å². The molecule has 0 saturated heterocycles. The van der Waals surface area contributed by atoms with Crippen LogP contribution in [0.25, 0.3) is 0 Å². The lowest BCUT2D eigenvalue weighted by Crippen LogP contribution is -2.15. The molecule has 0 atom stereocenters. The standard InChI is InChI=1S/C7H12N2O/c1-5-4-6(9-8-5)7(2,3)10/h4,10H,1-3H3,(H,8,9). The zero-order valence-corrected chi connectivity index (χ0v) is 6.47. The van der Waals surface area contributed by atoms with Gasteiger partial charge in [-0.2, -0.15) is 5.10 Å². The first-order valence-corrected chi connectivity index (χ1v) is 3.25. The normalized spacial score (nSPS) is 12.0. The molecule has 0 spiro atoms. The zero-order chi connectivity index (χ0) is 7.78. The van der Waals surface area contributed by atoms with Crippen LogP contribution in [0.4, 0.5) is 0 Å². The van der Waals surface area contributed by atoms with Gasteiger partial charge in [-0.3, -0.25) is 5.10 Å². The summed E-state index contributed by atoms with van der Waals surface area (Å²) in [6.07, 6.45) is 0. The average molecular weight is 140 g/mol. The quantitative estimate of drug-likeness (QED) is 0.610. The number of nitrogens with one attached hydrogen (secondary N) is 1. The highest BCUT2D eigenvalue weighted by atomic mass is 16.3. The lowest BCUT2D eigenvalue weighted by atomic mass is 10.1. The topological polar surface area (TPSA) is 48.9 Å². The fourth-order valence-electron chi connectivity index (χ4n) is 0.731. The molecule has 0 aliphatic carbocycles. The molecule has 1 rings (SSSR count). The molecule has 0 fully saturated rings.